The molecule has 0 unspecified atom stereocenters. The number of likely N-dealkylation sites (tertiary alicyclic amines) is 1. The zero-order valence-electron chi connectivity index (χ0n) is 22.8. The van der Waals surface area contributed by atoms with Crippen molar-refractivity contribution < 1.29 is 22.9 Å². The van der Waals surface area contributed by atoms with Gasteiger partial charge in [-0.1, -0.05) is 17.7 Å². The zero-order chi connectivity index (χ0) is 29.5. The molecule has 0 radical (unpaired) electrons. The van der Waals surface area contributed by atoms with Crippen LogP contribution in [-0.4, -0.2) is 57.8 Å². The van der Waals surface area contributed by atoms with Crippen molar-refractivity contribution in [3.8, 4) is 11.3 Å². The van der Waals surface area contributed by atoms with Crippen LogP contribution in [0.2, 0.25) is 5.15 Å². The molecule has 0 aliphatic carbocycles. The van der Waals surface area contributed by atoms with Crippen LogP contribution < -0.4 is 9.62 Å². The lowest BCUT2D eigenvalue weighted by atomic mass is 9.88. The molecule has 2 aromatic carbocycles. The number of hydrogen-bond acceptors (Lipinski definition) is 7. The molecule has 12 heteroatoms. The van der Waals surface area contributed by atoms with Crippen molar-refractivity contribution >= 4 is 57.9 Å². The number of aromatic nitrogens is 2. The van der Waals surface area contributed by atoms with Crippen LogP contribution in [0.4, 0.5) is 10.1 Å². The molecule has 0 spiro atoms. The minimum absolute atomic E-state index is 0.0981. The van der Waals surface area contributed by atoms with Gasteiger partial charge in [-0.05, 0) is 60.9 Å². The Bertz CT molecular complexity index is 1820. The van der Waals surface area contributed by atoms with E-state index in [1.54, 1.807) is 63.2 Å². The molecule has 1 aliphatic heterocycles. The summed E-state index contributed by atoms with van der Waals surface area (Å²) in [5.41, 5.74) is 3.78. The molecule has 2 N–H and O–H groups in total. The Morgan fingerprint density at radius 1 is 1.21 bits per heavy atom. The average Bonchev–Trinajstić information content (AvgIpc) is 3.62. The number of rotatable bonds is 6. The molecular weight excluding hydrogens is 581 g/mol. The zero-order valence-corrected chi connectivity index (χ0v) is 24.4. The van der Waals surface area contributed by atoms with E-state index in [9.17, 15) is 18.5 Å². The van der Waals surface area contributed by atoms with E-state index < -0.39 is 5.82 Å². The fraction of sp³-hybridized carbons (Fsp3) is 0.233. The highest BCUT2D eigenvalue weighted by Crippen LogP contribution is 2.42. The quantitative estimate of drug-likeness (QED) is 0.129. The molecule has 1 fully saturated rings. The number of furan rings is 1. The smallest absolute Gasteiger partial charge is 0.274 e. The molecule has 3 aromatic heterocycles. The molecule has 42 heavy (non-hydrogen) atoms. The number of benzene rings is 2. The monoisotopic (exact) mass is 607 g/mol. The van der Waals surface area contributed by atoms with Crippen molar-refractivity contribution in [1.29, 1.82) is 0 Å². The molecule has 0 bridgehead atoms. The predicted molar refractivity (Wildman–Crippen MR) is 162 cm³/mol. The fourth-order valence-corrected chi connectivity index (χ4v) is 6.06. The second-order valence-electron chi connectivity index (χ2n) is 10.2. The number of nitrogens with one attached hydrogen (secondary N) is 1. The normalized spacial score (nSPS) is 15.4. The standard InChI is InChI=1S/C30H27ClFN5O4S/c1-33-29(38)27-21-13-20(23(35(2)42-40)14-24(21)41-28(27)17-8-10-19(32)11-9-17)18-5-4-12-36(15-18)30(39)22-16-37-25(31)6-3-7-26(37)34-22/h3,6-11,13-14,16,18,40H,4-5,12,15H2,1-2H3,(H,33,38)/t18-/m0/s1. The highest BCUT2D eigenvalue weighted by molar-refractivity contribution is 7.95. The van der Waals surface area contributed by atoms with Crippen LogP contribution in [0.15, 0.2) is 65.2 Å². The summed E-state index contributed by atoms with van der Waals surface area (Å²) in [4.78, 5) is 33.0. The predicted octanol–water partition coefficient (Wildman–Crippen LogP) is 6.48. The number of halogens is 2. The van der Waals surface area contributed by atoms with E-state index in [2.05, 4.69) is 10.3 Å². The van der Waals surface area contributed by atoms with Crippen LogP contribution in [-0.2, 0) is 0 Å². The number of fused-ring (bicyclic) bond motifs is 2. The number of piperidine rings is 1. The highest BCUT2D eigenvalue weighted by Gasteiger charge is 2.31. The summed E-state index contributed by atoms with van der Waals surface area (Å²) >= 11 is 6.84. The number of nitrogens with zero attached hydrogens (tertiary/aromatic N) is 4. The van der Waals surface area contributed by atoms with Crippen LogP contribution in [0.25, 0.3) is 27.9 Å². The number of anilines is 1. The van der Waals surface area contributed by atoms with Crippen LogP contribution in [0.3, 0.4) is 0 Å². The first-order valence-electron chi connectivity index (χ1n) is 13.4. The van der Waals surface area contributed by atoms with Crippen molar-refractivity contribution in [2.45, 2.75) is 18.8 Å². The van der Waals surface area contributed by atoms with Gasteiger partial charge in [-0.15, -0.1) is 0 Å². The van der Waals surface area contributed by atoms with E-state index in [1.165, 1.54) is 19.2 Å². The van der Waals surface area contributed by atoms with E-state index in [4.69, 9.17) is 16.0 Å². The number of carbonyl (C=O) groups is 2. The lowest BCUT2D eigenvalue weighted by molar-refractivity contribution is 0.0702. The van der Waals surface area contributed by atoms with E-state index >= 15 is 0 Å². The molecule has 1 saturated heterocycles. The minimum atomic E-state index is -0.398. The molecule has 9 nitrogen and oxygen atoms in total. The van der Waals surface area contributed by atoms with Crippen LogP contribution in [0.1, 0.15) is 45.2 Å². The Balaban J connectivity index is 1.42. The lowest BCUT2D eigenvalue weighted by Gasteiger charge is -2.34. The third-order valence-electron chi connectivity index (χ3n) is 7.67. The van der Waals surface area contributed by atoms with Crippen LogP contribution in [0.5, 0.6) is 0 Å². The van der Waals surface area contributed by atoms with Gasteiger partial charge >= 0.3 is 0 Å². The van der Waals surface area contributed by atoms with Gasteiger partial charge in [-0.2, -0.15) is 0 Å². The van der Waals surface area contributed by atoms with Gasteiger partial charge in [0.25, 0.3) is 11.8 Å². The minimum Gasteiger partial charge on any atom is -0.455 e. The number of hydrogen-bond donors (Lipinski definition) is 2. The summed E-state index contributed by atoms with van der Waals surface area (Å²) in [7, 11) is 3.27. The highest BCUT2D eigenvalue weighted by atomic mass is 35.5. The molecule has 1 aliphatic rings. The van der Waals surface area contributed by atoms with E-state index in [0.717, 1.165) is 18.4 Å². The summed E-state index contributed by atoms with van der Waals surface area (Å²) in [5, 5.41) is 3.73. The van der Waals surface area contributed by atoms with E-state index in [1.807, 2.05) is 6.07 Å². The van der Waals surface area contributed by atoms with Gasteiger partial charge in [0.2, 0.25) is 0 Å². The van der Waals surface area contributed by atoms with Crippen molar-refractivity contribution in [3.63, 3.8) is 0 Å². The lowest BCUT2D eigenvalue weighted by Crippen LogP contribution is -2.39. The van der Waals surface area contributed by atoms with Gasteiger partial charge in [0.05, 0.1) is 11.3 Å². The van der Waals surface area contributed by atoms with Gasteiger partial charge < -0.3 is 19.2 Å². The maximum atomic E-state index is 13.7. The molecule has 1 atom stereocenters. The third-order valence-corrected chi connectivity index (χ3v) is 8.42. The summed E-state index contributed by atoms with van der Waals surface area (Å²) in [6.45, 7) is 0.990. The molecule has 4 heterocycles. The van der Waals surface area contributed by atoms with Gasteiger partial charge in [-0.25, -0.2) is 9.37 Å². The van der Waals surface area contributed by atoms with Gasteiger partial charge in [0, 0.05) is 56.3 Å². The Morgan fingerprint density at radius 3 is 2.71 bits per heavy atom. The van der Waals surface area contributed by atoms with Crippen molar-refractivity contribution in [2.75, 3.05) is 31.5 Å². The first-order chi connectivity index (χ1) is 20.3. The molecule has 6 rings (SSSR count). The summed E-state index contributed by atoms with van der Waals surface area (Å²) in [6.07, 6.45) is 3.20. The third kappa shape index (κ3) is 4.97. The molecule has 5 aromatic rings. The second kappa shape index (κ2) is 11.3. The molecular formula is C30H27ClFN5O4S. The topological polar surface area (TPSA) is 103 Å². The van der Waals surface area contributed by atoms with Crippen molar-refractivity contribution in [2.24, 2.45) is 0 Å². The summed E-state index contributed by atoms with van der Waals surface area (Å²) in [5.74, 6) is -0.718. The summed E-state index contributed by atoms with van der Waals surface area (Å²) in [6, 6.07) is 14.8. The Morgan fingerprint density at radius 2 is 2.00 bits per heavy atom. The maximum absolute atomic E-state index is 13.7. The van der Waals surface area contributed by atoms with Crippen molar-refractivity contribution in [1.82, 2.24) is 19.6 Å². The first-order valence-corrected chi connectivity index (χ1v) is 14.5. The first kappa shape index (κ1) is 28.1. The van der Waals surface area contributed by atoms with Crippen molar-refractivity contribution in [3.05, 3.63) is 88.6 Å². The maximum Gasteiger partial charge on any atom is 0.274 e. The molecule has 216 valence electrons. The molecule has 2 amide bonds. The Hall–Kier alpha value is -4.06. The summed E-state index contributed by atoms with van der Waals surface area (Å²) < 4.78 is 33.1. The number of pyridine rings is 1. The SMILES string of the molecule is CNC(=O)c1c(-c2ccc(F)cc2)oc2cc(N(C)SO)c([C@H]3CCCN(C(=O)c4cn5c(Cl)cccc5n4)C3)cc12. The number of carbonyl (C=O) groups excluding carboxylic acids is 2. The number of imidazole rings is 1. The van der Waals surface area contributed by atoms with E-state index in [0.29, 0.717) is 75.4 Å². The second-order valence-corrected chi connectivity index (χ2v) is 11.3. The molecule has 0 saturated carbocycles. The van der Waals surface area contributed by atoms with Crippen LogP contribution >= 0.6 is 23.8 Å². The van der Waals surface area contributed by atoms with Gasteiger partial charge in [0.15, 0.2) is 0 Å². The van der Waals surface area contributed by atoms with Gasteiger partial charge in [0.1, 0.15) is 45.9 Å². The Kier molecular flexibility index (Phi) is 7.56. The fourth-order valence-electron chi connectivity index (χ4n) is 5.61. The van der Waals surface area contributed by atoms with E-state index in [-0.39, 0.29) is 17.7 Å². The largest absolute Gasteiger partial charge is 0.455 e. The van der Waals surface area contributed by atoms with Gasteiger partial charge in [-0.3, -0.25) is 18.3 Å². The van der Waals surface area contributed by atoms with Crippen LogP contribution in [0, 0.1) is 5.82 Å². The number of amides is 2. The Labute approximate surface area is 250 Å². The average molecular weight is 608 g/mol.